The number of carbonyl (C=O) groups is 2. The van der Waals surface area contributed by atoms with Crippen molar-refractivity contribution >= 4 is 11.9 Å². The first-order chi connectivity index (χ1) is 11.5. The van der Waals surface area contributed by atoms with Crippen molar-refractivity contribution in [2.45, 2.75) is 26.3 Å². The molecule has 0 aliphatic carbocycles. The van der Waals surface area contributed by atoms with Crippen LogP contribution in [0.3, 0.4) is 0 Å². The Labute approximate surface area is 140 Å². The number of carbonyl (C=O) groups excluding carboxylic acids is 1. The summed E-state index contributed by atoms with van der Waals surface area (Å²) in [5.41, 5.74) is 4.26. The van der Waals surface area contributed by atoms with Gasteiger partial charge in [0.05, 0.1) is 18.0 Å². The number of carboxylic acids is 1. The van der Waals surface area contributed by atoms with Gasteiger partial charge < -0.3 is 15.2 Å². The molecule has 1 amide bonds. The number of ether oxygens (including phenoxy) is 1. The summed E-state index contributed by atoms with van der Waals surface area (Å²) in [6, 6.07) is 10.2. The van der Waals surface area contributed by atoms with E-state index in [1.165, 1.54) is 17.7 Å². The lowest BCUT2D eigenvalue weighted by atomic mass is 10.0. The second-order valence-electron chi connectivity index (χ2n) is 6.04. The Kier molecular flexibility index (Phi) is 4.25. The maximum absolute atomic E-state index is 12.3. The largest absolute Gasteiger partial charge is 0.490 e. The molecule has 0 saturated heterocycles. The molecule has 2 aromatic rings. The van der Waals surface area contributed by atoms with Crippen molar-refractivity contribution in [2.24, 2.45) is 0 Å². The number of amides is 1. The van der Waals surface area contributed by atoms with Crippen molar-refractivity contribution in [1.29, 1.82) is 0 Å². The molecule has 2 N–H and O–H groups in total. The molecule has 0 saturated carbocycles. The zero-order chi connectivity index (χ0) is 17.3. The molecule has 0 spiro atoms. The SMILES string of the molecule is Cc1ccc2c(c1C)OCC2NC(=O)Cc1ccc(C(=O)O)cc1. The molecule has 5 heteroatoms. The summed E-state index contributed by atoms with van der Waals surface area (Å²) in [6.45, 7) is 4.48. The van der Waals surface area contributed by atoms with Crippen LogP contribution in [0.15, 0.2) is 36.4 Å². The van der Waals surface area contributed by atoms with Gasteiger partial charge in [-0.3, -0.25) is 4.79 Å². The van der Waals surface area contributed by atoms with Gasteiger partial charge in [-0.25, -0.2) is 4.79 Å². The second kappa shape index (κ2) is 6.35. The van der Waals surface area contributed by atoms with Crippen LogP contribution in [0.2, 0.25) is 0 Å². The summed E-state index contributed by atoms with van der Waals surface area (Å²) in [4.78, 5) is 23.1. The molecule has 0 radical (unpaired) electrons. The molecule has 0 fully saturated rings. The maximum Gasteiger partial charge on any atom is 0.335 e. The highest BCUT2D eigenvalue weighted by Crippen LogP contribution is 2.36. The Bertz CT molecular complexity index is 796. The predicted molar refractivity (Wildman–Crippen MR) is 89.4 cm³/mol. The van der Waals surface area contributed by atoms with E-state index in [0.29, 0.717) is 6.61 Å². The molecule has 1 aliphatic rings. The van der Waals surface area contributed by atoms with Crippen LogP contribution < -0.4 is 10.1 Å². The summed E-state index contributed by atoms with van der Waals surface area (Å²) < 4.78 is 5.74. The van der Waals surface area contributed by atoms with E-state index in [2.05, 4.69) is 5.32 Å². The standard InChI is InChI=1S/C19H19NO4/c1-11-3-8-15-16(10-24-18(15)12(11)2)20-17(21)9-13-4-6-14(7-5-13)19(22)23/h3-8,16H,9-10H2,1-2H3,(H,20,21)(H,22,23). The number of carboxylic acid groups (broad SMARTS) is 1. The molecular formula is C19H19NO4. The van der Waals surface area contributed by atoms with E-state index in [9.17, 15) is 9.59 Å². The van der Waals surface area contributed by atoms with Crippen LogP contribution in [0.4, 0.5) is 0 Å². The van der Waals surface area contributed by atoms with E-state index in [-0.39, 0.29) is 23.9 Å². The van der Waals surface area contributed by atoms with E-state index < -0.39 is 5.97 Å². The molecule has 1 atom stereocenters. The fourth-order valence-corrected chi connectivity index (χ4v) is 2.85. The highest BCUT2D eigenvalue weighted by molar-refractivity contribution is 5.87. The third kappa shape index (κ3) is 3.11. The zero-order valence-corrected chi connectivity index (χ0v) is 13.6. The summed E-state index contributed by atoms with van der Waals surface area (Å²) >= 11 is 0. The molecule has 0 aromatic heterocycles. The predicted octanol–water partition coefficient (Wildman–Crippen LogP) is 2.79. The molecule has 0 bridgehead atoms. The molecule has 124 valence electrons. The minimum Gasteiger partial charge on any atom is -0.490 e. The van der Waals surface area contributed by atoms with Crippen molar-refractivity contribution in [1.82, 2.24) is 5.32 Å². The first-order valence-electron chi connectivity index (χ1n) is 7.80. The molecular weight excluding hydrogens is 306 g/mol. The first kappa shape index (κ1) is 16.1. The van der Waals surface area contributed by atoms with Gasteiger partial charge in [-0.1, -0.05) is 24.3 Å². The third-order valence-electron chi connectivity index (χ3n) is 4.38. The lowest BCUT2D eigenvalue weighted by molar-refractivity contribution is -0.121. The minimum absolute atomic E-state index is 0.113. The van der Waals surface area contributed by atoms with Crippen molar-refractivity contribution in [3.05, 3.63) is 64.2 Å². The van der Waals surface area contributed by atoms with Gasteiger partial charge in [0.1, 0.15) is 12.4 Å². The number of fused-ring (bicyclic) bond motifs is 1. The summed E-state index contributed by atoms with van der Waals surface area (Å²) in [7, 11) is 0. The number of nitrogens with one attached hydrogen (secondary N) is 1. The number of hydrogen-bond acceptors (Lipinski definition) is 3. The monoisotopic (exact) mass is 325 g/mol. The number of rotatable bonds is 4. The Morgan fingerprint density at radius 1 is 1.17 bits per heavy atom. The van der Waals surface area contributed by atoms with Crippen LogP contribution in [-0.4, -0.2) is 23.6 Å². The Morgan fingerprint density at radius 3 is 2.54 bits per heavy atom. The quantitative estimate of drug-likeness (QED) is 0.906. The fourth-order valence-electron chi connectivity index (χ4n) is 2.85. The molecule has 1 heterocycles. The van der Waals surface area contributed by atoms with Crippen molar-refractivity contribution in [2.75, 3.05) is 6.61 Å². The third-order valence-corrected chi connectivity index (χ3v) is 4.38. The fraction of sp³-hybridized carbons (Fsp3) is 0.263. The Balaban J connectivity index is 1.67. The average molecular weight is 325 g/mol. The van der Waals surface area contributed by atoms with Crippen LogP contribution in [0, 0.1) is 13.8 Å². The highest BCUT2D eigenvalue weighted by atomic mass is 16.5. The summed E-state index contributed by atoms with van der Waals surface area (Å²) in [6.07, 6.45) is 0.205. The minimum atomic E-state index is -0.976. The van der Waals surface area contributed by atoms with Gasteiger partial charge in [0.2, 0.25) is 5.91 Å². The first-order valence-corrected chi connectivity index (χ1v) is 7.80. The van der Waals surface area contributed by atoms with E-state index in [4.69, 9.17) is 9.84 Å². The highest BCUT2D eigenvalue weighted by Gasteiger charge is 2.27. The number of hydrogen-bond donors (Lipinski definition) is 2. The Hall–Kier alpha value is -2.82. The van der Waals surface area contributed by atoms with Gasteiger partial charge in [-0.15, -0.1) is 0 Å². The second-order valence-corrected chi connectivity index (χ2v) is 6.04. The topological polar surface area (TPSA) is 75.6 Å². The van der Waals surface area contributed by atoms with E-state index in [1.54, 1.807) is 12.1 Å². The lowest BCUT2D eigenvalue weighted by Gasteiger charge is -2.12. The van der Waals surface area contributed by atoms with Gasteiger partial charge in [0.15, 0.2) is 0 Å². The van der Waals surface area contributed by atoms with Crippen molar-refractivity contribution < 1.29 is 19.4 Å². The maximum atomic E-state index is 12.3. The molecule has 24 heavy (non-hydrogen) atoms. The van der Waals surface area contributed by atoms with Gasteiger partial charge in [-0.2, -0.15) is 0 Å². The van der Waals surface area contributed by atoms with Crippen LogP contribution in [0.5, 0.6) is 5.75 Å². The van der Waals surface area contributed by atoms with Crippen LogP contribution in [-0.2, 0) is 11.2 Å². The van der Waals surface area contributed by atoms with Gasteiger partial charge in [0.25, 0.3) is 0 Å². The van der Waals surface area contributed by atoms with E-state index >= 15 is 0 Å². The van der Waals surface area contributed by atoms with Gasteiger partial charge in [-0.05, 0) is 42.7 Å². The van der Waals surface area contributed by atoms with Crippen LogP contribution in [0.25, 0.3) is 0 Å². The van der Waals surface area contributed by atoms with Crippen molar-refractivity contribution in [3.8, 4) is 5.75 Å². The van der Waals surface area contributed by atoms with Gasteiger partial charge >= 0.3 is 5.97 Å². The normalized spacial score (nSPS) is 15.5. The molecule has 5 nitrogen and oxygen atoms in total. The summed E-state index contributed by atoms with van der Waals surface area (Å²) in [5.74, 6) is -0.222. The van der Waals surface area contributed by atoms with Crippen molar-refractivity contribution in [3.63, 3.8) is 0 Å². The average Bonchev–Trinajstić information content (AvgIpc) is 2.95. The van der Waals surface area contributed by atoms with Crippen LogP contribution in [0.1, 0.15) is 38.7 Å². The molecule has 3 rings (SSSR count). The lowest BCUT2D eigenvalue weighted by Crippen LogP contribution is -2.30. The molecule has 2 aromatic carbocycles. The summed E-state index contributed by atoms with van der Waals surface area (Å²) in [5, 5.41) is 11.9. The van der Waals surface area contributed by atoms with Gasteiger partial charge in [0, 0.05) is 5.56 Å². The number of benzene rings is 2. The van der Waals surface area contributed by atoms with Crippen LogP contribution >= 0.6 is 0 Å². The van der Waals surface area contributed by atoms with E-state index in [1.807, 2.05) is 26.0 Å². The number of aromatic carboxylic acids is 1. The molecule has 1 unspecified atom stereocenters. The number of aryl methyl sites for hydroxylation is 1. The zero-order valence-electron chi connectivity index (χ0n) is 13.6. The smallest absolute Gasteiger partial charge is 0.335 e. The van der Waals surface area contributed by atoms with E-state index in [0.717, 1.165) is 22.4 Å². The molecule has 1 aliphatic heterocycles. The Morgan fingerprint density at radius 2 is 1.88 bits per heavy atom.